The van der Waals surface area contributed by atoms with E-state index in [0.29, 0.717) is 12.5 Å². The maximum Gasteiger partial charge on any atom is 0.227 e. The first-order valence-electron chi connectivity index (χ1n) is 7.62. The molecule has 3 heterocycles. The minimum Gasteiger partial charge on any atom is -0.324 e. The molecule has 7 heteroatoms. The van der Waals surface area contributed by atoms with Crippen LogP contribution in [0.2, 0.25) is 0 Å². The number of benzene rings is 1. The predicted octanol–water partition coefficient (Wildman–Crippen LogP) is 1.51. The SMILES string of the molecule is c1cn(Cc2ccc(Nc3ncc4c(n3)CNCC4)cc2)nn1. The highest BCUT2D eigenvalue weighted by atomic mass is 15.4. The van der Waals surface area contributed by atoms with Gasteiger partial charge < -0.3 is 10.6 Å². The van der Waals surface area contributed by atoms with E-state index in [1.165, 1.54) is 5.56 Å². The predicted molar refractivity (Wildman–Crippen MR) is 86.3 cm³/mol. The molecule has 0 radical (unpaired) electrons. The molecule has 3 aromatic rings. The van der Waals surface area contributed by atoms with Crippen LogP contribution in [0.15, 0.2) is 42.9 Å². The summed E-state index contributed by atoms with van der Waals surface area (Å²) in [4.78, 5) is 8.98. The highest BCUT2D eigenvalue weighted by Gasteiger charge is 2.11. The van der Waals surface area contributed by atoms with Gasteiger partial charge in [0.2, 0.25) is 5.95 Å². The summed E-state index contributed by atoms with van der Waals surface area (Å²) >= 11 is 0. The Labute approximate surface area is 133 Å². The van der Waals surface area contributed by atoms with Gasteiger partial charge in [0.05, 0.1) is 18.4 Å². The molecular formula is C16H17N7. The van der Waals surface area contributed by atoms with Crippen LogP contribution >= 0.6 is 0 Å². The largest absolute Gasteiger partial charge is 0.324 e. The summed E-state index contributed by atoms with van der Waals surface area (Å²) in [6, 6.07) is 8.16. The third-order valence-corrected chi connectivity index (χ3v) is 3.84. The molecule has 0 bridgehead atoms. The number of anilines is 2. The average Bonchev–Trinajstić information content (AvgIpc) is 3.10. The van der Waals surface area contributed by atoms with Gasteiger partial charge in [-0.2, -0.15) is 0 Å². The molecule has 0 amide bonds. The van der Waals surface area contributed by atoms with E-state index in [-0.39, 0.29) is 0 Å². The summed E-state index contributed by atoms with van der Waals surface area (Å²) in [5, 5.41) is 14.4. The number of nitrogens with one attached hydrogen (secondary N) is 2. The lowest BCUT2D eigenvalue weighted by Gasteiger charge is -2.16. The molecule has 4 rings (SSSR count). The molecule has 0 aliphatic carbocycles. The van der Waals surface area contributed by atoms with E-state index in [9.17, 15) is 0 Å². The molecule has 7 nitrogen and oxygen atoms in total. The van der Waals surface area contributed by atoms with Gasteiger partial charge in [0.25, 0.3) is 0 Å². The van der Waals surface area contributed by atoms with Crippen LogP contribution in [-0.2, 0) is 19.5 Å². The molecule has 2 N–H and O–H groups in total. The van der Waals surface area contributed by atoms with Crippen molar-refractivity contribution in [3.8, 4) is 0 Å². The summed E-state index contributed by atoms with van der Waals surface area (Å²) in [5.74, 6) is 0.636. The zero-order valence-electron chi connectivity index (χ0n) is 12.6. The highest BCUT2D eigenvalue weighted by molar-refractivity contribution is 5.54. The van der Waals surface area contributed by atoms with Gasteiger partial charge in [0.15, 0.2) is 0 Å². The molecule has 2 aromatic heterocycles. The van der Waals surface area contributed by atoms with Crippen LogP contribution in [0.5, 0.6) is 0 Å². The van der Waals surface area contributed by atoms with Crippen LogP contribution in [-0.4, -0.2) is 31.5 Å². The van der Waals surface area contributed by atoms with Crippen LogP contribution in [0, 0.1) is 0 Å². The second-order valence-electron chi connectivity index (χ2n) is 5.51. The maximum atomic E-state index is 4.58. The fourth-order valence-electron chi connectivity index (χ4n) is 2.62. The molecule has 0 saturated carbocycles. The Bertz CT molecular complexity index is 781. The van der Waals surface area contributed by atoms with E-state index in [4.69, 9.17) is 0 Å². The van der Waals surface area contributed by atoms with Gasteiger partial charge in [-0.3, -0.25) is 0 Å². The minimum absolute atomic E-state index is 0.636. The summed E-state index contributed by atoms with van der Waals surface area (Å²) < 4.78 is 1.79. The van der Waals surface area contributed by atoms with Gasteiger partial charge in [0.1, 0.15) is 0 Å². The molecule has 1 aromatic carbocycles. The summed E-state index contributed by atoms with van der Waals surface area (Å²) in [5.41, 5.74) is 4.45. The minimum atomic E-state index is 0.636. The standard InChI is InChI=1S/C16H17N7/c1-3-14(4-2-12(1)11-23-8-7-19-22-23)20-16-18-9-13-5-6-17-10-15(13)21-16/h1-4,7-9,17H,5-6,10-11H2,(H,18,20,21). The van der Waals surface area contributed by atoms with Crippen molar-refractivity contribution in [1.29, 1.82) is 0 Å². The first kappa shape index (κ1) is 13.8. The van der Waals surface area contributed by atoms with E-state index >= 15 is 0 Å². The van der Waals surface area contributed by atoms with Crippen molar-refractivity contribution in [1.82, 2.24) is 30.3 Å². The summed E-state index contributed by atoms with van der Waals surface area (Å²) in [6.07, 6.45) is 6.44. The highest BCUT2D eigenvalue weighted by Crippen LogP contribution is 2.17. The van der Waals surface area contributed by atoms with Crippen LogP contribution in [0.3, 0.4) is 0 Å². The molecular weight excluding hydrogens is 290 g/mol. The fraction of sp³-hybridized carbons (Fsp3) is 0.250. The van der Waals surface area contributed by atoms with Crippen LogP contribution in [0.4, 0.5) is 11.6 Å². The number of aromatic nitrogens is 5. The zero-order chi connectivity index (χ0) is 15.5. The molecule has 0 spiro atoms. The lowest BCUT2D eigenvalue weighted by molar-refractivity contribution is 0.624. The van der Waals surface area contributed by atoms with E-state index in [2.05, 4.69) is 43.0 Å². The number of rotatable bonds is 4. The molecule has 0 saturated heterocycles. The first-order valence-corrected chi connectivity index (χ1v) is 7.62. The van der Waals surface area contributed by atoms with Crippen molar-refractivity contribution in [3.05, 3.63) is 59.7 Å². The van der Waals surface area contributed by atoms with Crippen molar-refractivity contribution >= 4 is 11.6 Å². The molecule has 23 heavy (non-hydrogen) atoms. The molecule has 1 aliphatic heterocycles. The van der Waals surface area contributed by atoms with Crippen molar-refractivity contribution in [2.75, 3.05) is 11.9 Å². The summed E-state index contributed by atoms with van der Waals surface area (Å²) in [6.45, 7) is 2.51. The maximum absolute atomic E-state index is 4.58. The van der Waals surface area contributed by atoms with Crippen molar-refractivity contribution < 1.29 is 0 Å². The smallest absolute Gasteiger partial charge is 0.227 e. The molecule has 0 unspecified atom stereocenters. The van der Waals surface area contributed by atoms with Gasteiger partial charge >= 0.3 is 0 Å². The Morgan fingerprint density at radius 2 is 2.13 bits per heavy atom. The van der Waals surface area contributed by atoms with Gasteiger partial charge in [-0.1, -0.05) is 17.3 Å². The van der Waals surface area contributed by atoms with Gasteiger partial charge in [0, 0.05) is 24.6 Å². The third kappa shape index (κ3) is 3.19. The molecule has 0 fully saturated rings. The van der Waals surface area contributed by atoms with Crippen molar-refractivity contribution in [2.45, 2.75) is 19.5 Å². The second-order valence-corrected chi connectivity index (χ2v) is 5.51. The Hall–Kier alpha value is -2.80. The number of nitrogens with zero attached hydrogens (tertiary/aromatic N) is 5. The lowest BCUT2D eigenvalue weighted by Crippen LogP contribution is -2.25. The van der Waals surface area contributed by atoms with Crippen molar-refractivity contribution in [3.63, 3.8) is 0 Å². The van der Waals surface area contributed by atoms with E-state index < -0.39 is 0 Å². The Kier molecular flexibility index (Phi) is 3.69. The van der Waals surface area contributed by atoms with Gasteiger partial charge in [-0.25, -0.2) is 14.6 Å². The van der Waals surface area contributed by atoms with Crippen LogP contribution in [0.1, 0.15) is 16.8 Å². The van der Waals surface area contributed by atoms with Gasteiger partial charge in [-0.15, -0.1) is 5.10 Å². The molecule has 116 valence electrons. The zero-order valence-corrected chi connectivity index (χ0v) is 12.6. The van der Waals surface area contributed by atoms with E-state index in [1.807, 2.05) is 24.5 Å². The number of fused-ring (bicyclic) bond motifs is 1. The monoisotopic (exact) mass is 307 g/mol. The Morgan fingerprint density at radius 3 is 2.96 bits per heavy atom. The van der Waals surface area contributed by atoms with E-state index in [0.717, 1.165) is 36.5 Å². The average molecular weight is 307 g/mol. The molecule has 0 atom stereocenters. The van der Waals surface area contributed by atoms with Crippen LogP contribution < -0.4 is 10.6 Å². The fourth-order valence-corrected chi connectivity index (χ4v) is 2.62. The number of hydrogen-bond donors (Lipinski definition) is 2. The van der Waals surface area contributed by atoms with E-state index in [1.54, 1.807) is 10.9 Å². The Balaban J connectivity index is 1.46. The van der Waals surface area contributed by atoms with Crippen molar-refractivity contribution in [2.24, 2.45) is 0 Å². The first-order chi connectivity index (χ1) is 11.4. The number of hydrogen-bond acceptors (Lipinski definition) is 6. The van der Waals surface area contributed by atoms with Crippen LogP contribution in [0.25, 0.3) is 0 Å². The molecule has 1 aliphatic rings. The summed E-state index contributed by atoms with van der Waals surface area (Å²) in [7, 11) is 0. The third-order valence-electron chi connectivity index (χ3n) is 3.84. The van der Waals surface area contributed by atoms with Gasteiger partial charge in [-0.05, 0) is 36.2 Å². The normalized spacial score (nSPS) is 13.6. The Morgan fingerprint density at radius 1 is 1.22 bits per heavy atom. The topological polar surface area (TPSA) is 80.5 Å². The quantitative estimate of drug-likeness (QED) is 0.760. The second kappa shape index (κ2) is 6.13. The lowest BCUT2D eigenvalue weighted by atomic mass is 10.1.